The Morgan fingerprint density at radius 3 is 2.12 bits per heavy atom. The number of hydrogen-bond donors (Lipinski definition) is 0. The highest BCUT2D eigenvalue weighted by Crippen LogP contribution is 2.06. The molecule has 0 atom stereocenters. The third-order valence-electron chi connectivity index (χ3n) is 2.88. The standard InChI is InChI=1S/C10H23N3O2S/c1-11(2)5-4-6-12-7-9-13(10-8-12)16(3,14)15/h4-10H2,1-3H3. The van der Waals surface area contributed by atoms with Gasteiger partial charge in [-0.2, -0.15) is 4.31 Å². The van der Waals surface area contributed by atoms with E-state index in [1.807, 2.05) is 0 Å². The molecular formula is C10H23N3O2S. The van der Waals surface area contributed by atoms with Gasteiger partial charge in [-0.1, -0.05) is 0 Å². The molecule has 6 heteroatoms. The van der Waals surface area contributed by atoms with Gasteiger partial charge in [0.2, 0.25) is 10.0 Å². The van der Waals surface area contributed by atoms with E-state index in [9.17, 15) is 8.42 Å². The molecule has 0 N–H and O–H groups in total. The fourth-order valence-corrected chi connectivity index (χ4v) is 2.72. The Hall–Kier alpha value is -0.170. The summed E-state index contributed by atoms with van der Waals surface area (Å²) in [6.07, 6.45) is 2.43. The molecule has 0 amide bonds. The molecule has 96 valence electrons. The fourth-order valence-electron chi connectivity index (χ4n) is 1.90. The molecule has 0 aromatic carbocycles. The van der Waals surface area contributed by atoms with Crippen molar-refractivity contribution in [2.45, 2.75) is 6.42 Å². The Kier molecular flexibility index (Phi) is 5.17. The summed E-state index contributed by atoms with van der Waals surface area (Å²) >= 11 is 0. The van der Waals surface area contributed by atoms with Crippen molar-refractivity contribution in [2.24, 2.45) is 0 Å². The minimum atomic E-state index is -2.98. The maximum absolute atomic E-state index is 11.3. The van der Waals surface area contributed by atoms with Gasteiger partial charge in [0, 0.05) is 26.2 Å². The minimum Gasteiger partial charge on any atom is -0.309 e. The third-order valence-corrected chi connectivity index (χ3v) is 4.18. The summed E-state index contributed by atoms with van der Waals surface area (Å²) in [5.74, 6) is 0. The number of hydrogen-bond acceptors (Lipinski definition) is 4. The van der Waals surface area contributed by atoms with E-state index in [0.717, 1.165) is 32.6 Å². The van der Waals surface area contributed by atoms with Crippen LogP contribution in [0.3, 0.4) is 0 Å². The molecule has 0 saturated carbocycles. The van der Waals surface area contributed by atoms with Crippen molar-refractivity contribution >= 4 is 10.0 Å². The van der Waals surface area contributed by atoms with E-state index in [-0.39, 0.29) is 0 Å². The molecule has 5 nitrogen and oxygen atoms in total. The monoisotopic (exact) mass is 249 g/mol. The molecule has 0 aromatic heterocycles. The molecule has 0 radical (unpaired) electrons. The molecular weight excluding hydrogens is 226 g/mol. The summed E-state index contributed by atoms with van der Waals surface area (Å²) in [6, 6.07) is 0. The topological polar surface area (TPSA) is 43.9 Å². The summed E-state index contributed by atoms with van der Waals surface area (Å²) in [7, 11) is 1.16. The molecule has 0 aliphatic carbocycles. The summed E-state index contributed by atoms with van der Waals surface area (Å²) in [4.78, 5) is 4.51. The molecule has 0 unspecified atom stereocenters. The average Bonchev–Trinajstić information content (AvgIpc) is 2.16. The first kappa shape index (κ1) is 13.9. The Morgan fingerprint density at radius 2 is 1.69 bits per heavy atom. The maximum atomic E-state index is 11.3. The maximum Gasteiger partial charge on any atom is 0.211 e. The van der Waals surface area contributed by atoms with Gasteiger partial charge < -0.3 is 9.80 Å². The lowest BCUT2D eigenvalue weighted by Gasteiger charge is -2.33. The minimum absolute atomic E-state index is 0.640. The van der Waals surface area contributed by atoms with Crippen LogP contribution in [0.4, 0.5) is 0 Å². The largest absolute Gasteiger partial charge is 0.309 e. The lowest BCUT2D eigenvalue weighted by molar-refractivity contribution is 0.182. The van der Waals surface area contributed by atoms with E-state index >= 15 is 0 Å². The van der Waals surface area contributed by atoms with Gasteiger partial charge >= 0.3 is 0 Å². The normalized spacial score (nSPS) is 20.5. The van der Waals surface area contributed by atoms with Crippen LogP contribution in [0, 0.1) is 0 Å². The predicted molar refractivity (Wildman–Crippen MR) is 66.0 cm³/mol. The number of rotatable bonds is 5. The van der Waals surface area contributed by atoms with Gasteiger partial charge in [-0.15, -0.1) is 0 Å². The van der Waals surface area contributed by atoms with Crippen molar-refractivity contribution in [2.75, 3.05) is 59.6 Å². The zero-order valence-electron chi connectivity index (χ0n) is 10.5. The van der Waals surface area contributed by atoms with Gasteiger partial charge in [0.05, 0.1) is 6.26 Å². The van der Waals surface area contributed by atoms with E-state index in [1.54, 1.807) is 4.31 Å². The summed E-state index contributed by atoms with van der Waals surface area (Å²) < 4.78 is 24.2. The van der Waals surface area contributed by atoms with E-state index < -0.39 is 10.0 Å². The molecule has 1 fully saturated rings. The number of piperazine rings is 1. The van der Waals surface area contributed by atoms with Crippen LogP contribution >= 0.6 is 0 Å². The number of sulfonamides is 1. The van der Waals surface area contributed by atoms with Crippen molar-refractivity contribution < 1.29 is 8.42 Å². The van der Waals surface area contributed by atoms with Crippen molar-refractivity contribution in [1.82, 2.24) is 14.1 Å². The molecule has 1 aliphatic rings. The van der Waals surface area contributed by atoms with Gasteiger partial charge in [0.15, 0.2) is 0 Å². The SMILES string of the molecule is CN(C)CCCN1CCN(S(C)(=O)=O)CC1. The van der Waals surface area contributed by atoms with E-state index in [0.29, 0.717) is 13.1 Å². The second-order valence-electron chi connectivity index (χ2n) is 4.66. The first-order valence-electron chi connectivity index (χ1n) is 5.72. The van der Waals surface area contributed by atoms with Crippen LogP contribution in [0.2, 0.25) is 0 Å². The Bertz CT molecular complexity index is 295. The highest BCUT2D eigenvalue weighted by molar-refractivity contribution is 7.88. The van der Waals surface area contributed by atoms with E-state index in [1.165, 1.54) is 6.26 Å². The van der Waals surface area contributed by atoms with Gasteiger partial charge in [-0.3, -0.25) is 0 Å². The van der Waals surface area contributed by atoms with Crippen LogP contribution in [-0.2, 0) is 10.0 Å². The van der Waals surface area contributed by atoms with E-state index in [2.05, 4.69) is 23.9 Å². The Labute approximate surface area is 99.1 Å². The van der Waals surface area contributed by atoms with Crippen LogP contribution < -0.4 is 0 Å². The lowest BCUT2D eigenvalue weighted by atomic mass is 10.3. The van der Waals surface area contributed by atoms with Gasteiger partial charge in [-0.05, 0) is 33.6 Å². The second-order valence-corrected chi connectivity index (χ2v) is 6.64. The zero-order valence-corrected chi connectivity index (χ0v) is 11.3. The van der Waals surface area contributed by atoms with Gasteiger partial charge in [0.1, 0.15) is 0 Å². The second kappa shape index (κ2) is 5.95. The van der Waals surface area contributed by atoms with Crippen molar-refractivity contribution in [3.05, 3.63) is 0 Å². The van der Waals surface area contributed by atoms with Gasteiger partial charge in [-0.25, -0.2) is 8.42 Å². The Balaban J connectivity index is 2.22. The molecule has 0 bridgehead atoms. The summed E-state index contributed by atoms with van der Waals surface area (Å²) in [6.45, 7) is 5.16. The van der Waals surface area contributed by atoms with Gasteiger partial charge in [0.25, 0.3) is 0 Å². The van der Waals surface area contributed by atoms with Crippen molar-refractivity contribution in [1.29, 1.82) is 0 Å². The smallest absolute Gasteiger partial charge is 0.211 e. The van der Waals surface area contributed by atoms with E-state index in [4.69, 9.17) is 0 Å². The molecule has 1 aliphatic heterocycles. The molecule has 1 rings (SSSR count). The van der Waals surface area contributed by atoms with Crippen LogP contribution in [0.1, 0.15) is 6.42 Å². The zero-order chi connectivity index (χ0) is 12.2. The highest BCUT2D eigenvalue weighted by Gasteiger charge is 2.22. The van der Waals surface area contributed by atoms with Crippen LogP contribution in [0.15, 0.2) is 0 Å². The molecule has 16 heavy (non-hydrogen) atoms. The first-order chi connectivity index (χ1) is 7.39. The third kappa shape index (κ3) is 4.78. The quantitative estimate of drug-likeness (QED) is 0.660. The average molecular weight is 249 g/mol. The Morgan fingerprint density at radius 1 is 1.12 bits per heavy atom. The highest BCUT2D eigenvalue weighted by atomic mass is 32.2. The molecule has 0 spiro atoms. The van der Waals surface area contributed by atoms with Crippen molar-refractivity contribution in [3.8, 4) is 0 Å². The summed E-state index contributed by atoms with van der Waals surface area (Å²) in [5, 5.41) is 0. The number of nitrogens with zero attached hydrogens (tertiary/aromatic N) is 3. The van der Waals surface area contributed by atoms with Crippen LogP contribution in [-0.4, -0.2) is 82.1 Å². The van der Waals surface area contributed by atoms with Crippen LogP contribution in [0.5, 0.6) is 0 Å². The molecule has 1 saturated heterocycles. The predicted octanol–water partition coefficient (Wildman–Crippen LogP) is -0.485. The van der Waals surface area contributed by atoms with Crippen molar-refractivity contribution in [3.63, 3.8) is 0 Å². The molecule has 1 heterocycles. The lowest BCUT2D eigenvalue weighted by Crippen LogP contribution is -2.48. The fraction of sp³-hybridized carbons (Fsp3) is 1.00. The van der Waals surface area contributed by atoms with Crippen LogP contribution in [0.25, 0.3) is 0 Å². The molecule has 0 aromatic rings. The summed E-state index contributed by atoms with van der Waals surface area (Å²) in [5.41, 5.74) is 0. The first-order valence-corrected chi connectivity index (χ1v) is 7.56.